The van der Waals surface area contributed by atoms with Gasteiger partial charge in [0.1, 0.15) is 10.6 Å². The first-order chi connectivity index (χ1) is 10.1. The van der Waals surface area contributed by atoms with E-state index in [1.165, 1.54) is 11.4 Å². The van der Waals surface area contributed by atoms with Gasteiger partial charge in [-0.05, 0) is 31.2 Å². The molecule has 0 aliphatic carbocycles. The minimum atomic E-state index is -3.57. The Labute approximate surface area is 126 Å². The first-order valence-corrected chi connectivity index (χ1v) is 8.43. The van der Waals surface area contributed by atoms with Crippen LogP contribution in [0.15, 0.2) is 23.1 Å². The highest BCUT2D eigenvalue weighted by Crippen LogP contribution is 2.28. The second-order valence-electron chi connectivity index (χ2n) is 4.89. The summed E-state index contributed by atoms with van der Waals surface area (Å²) in [4.78, 5) is 0.222. The molecule has 21 heavy (non-hydrogen) atoms. The van der Waals surface area contributed by atoms with E-state index < -0.39 is 10.0 Å². The van der Waals surface area contributed by atoms with Crippen LogP contribution in [-0.4, -0.2) is 53.2 Å². The summed E-state index contributed by atoms with van der Waals surface area (Å²) in [5, 5.41) is 3.02. The zero-order chi connectivity index (χ0) is 15.3. The summed E-state index contributed by atoms with van der Waals surface area (Å²) in [6.07, 6.45) is 0.706. The van der Waals surface area contributed by atoms with Crippen LogP contribution in [0, 0.1) is 0 Å². The maximum atomic E-state index is 12.8. The van der Waals surface area contributed by atoms with E-state index in [9.17, 15) is 8.42 Å². The molecule has 1 fully saturated rings. The van der Waals surface area contributed by atoms with E-state index in [1.54, 1.807) is 12.1 Å². The molecule has 0 amide bonds. The lowest BCUT2D eigenvalue weighted by atomic mass is 10.2. The highest BCUT2D eigenvalue weighted by Gasteiger charge is 2.28. The van der Waals surface area contributed by atoms with Gasteiger partial charge in [-0.25, -0.2) is 8.42 Å². The van der Waals surface area contributed by atoms with Gasteiger partial charge in [-0.15, -0.1) is 0 Å². The second kappa shape index (κ2) is 7.22. The molecule has 0 unspecified atom stereocenters. The van der Waals surface area contributed by atoms with Gasteiger partial charge in [0, 0.05) is 26.2 Å². The SMILES string of the molecule is CNCc1ccc(OC)c(S(=O)(=O)N2CCCOCC2)c1. The van der Waals surface area contributed by atoms with E-state index in [1.807, 2.05) is 13.1 Å². The van der Waals surface area contributed by atoms with Crippen molar-refractivity contribution in [3.05, 3.63) is 23.8 Å². The van der Waals surface area contributed by atoms with Gasteiger partial charge in [-0.3, -0.25) is 0 Å². The van der Waals surface area contributed by atoms with Gasteiger partial charge in [-0.2, -0.15) is 4.31 Å². The van der Waals surface area contributed by atoms with Gasteiger partial charge in [0.05, 0.1) is 13.7 Å². The minimum Gasteiger partial charge on any atom is -0.495 e. The molecule has 1 aliphatic heterocycles. The molecule has 1 aromatic rings. The quantitative estimate of drug-likeness (QED) is 0.872. The molecule has 1 aliphatic rings. The van der Waals surface area contributed by atoms with Crippen LogP contribution in [0.2, 0.25) is 0 Å². The van der Waals surface area contributed by atoms with Crippen LogP contribution >= 0.6 is 0 Å². The van der Waals surface area contributed by atoms with Crippen LogP contribution in [0.3, 0.4) is 0 Å². The van der Waals surface area contributed by atoms with Crippen molar-refractivity contribution < 1.29 is 17.9 Å². The van der Waals surface area contributed by atoms with Gasteiger partial charge < -0.3 is 14.8 Å². The average Bonchev–Trinajstić information content (AvgIpc) is 2.77. The fourth-order valence-electron chi connectivity index (χ4n) is 2.34. The molecular formula is C14H22N2O4S. The van der Waals surface area contributed by atoms with Gasteiger partial charge in [0.15, 0.2) is 0 Å². The standard InChI is InChI=1S/C14H22N2O4S/c1-15-11-12-4-5-13(19-2)14(10-12)21(17,18)16-6-3-8-20-9-7-16/h4-5,10,15H,3,6-9,11H2,1-2H3. The van der Waals surface area contributed by atoms with E-state index >= 15 is 0 Å². The Kier molecular flexibility index (Phi) is 5.58. The predicted molar refractivity (Wildman–Crippen MR) is 80.0 cm³/mol. The maximum absolute atomic E-state index is 12.8. The highest BCUT2D eigenvalue weighted by atomic mass is 32.2. The van der Waals surface area contributed by atoms with E-state index in [0.717, 1.165) is 5.56 Å². The van der Waals surface area contributed by atoms with Crippen molar-refractivity contribution in [1.29, 1.82) is 0 Å². The lowest BCUT2D eigenvalue weighted by molar-refractivity contribution is 0.148. The Balaban J connectivity index is 2.38. The Hall–Kier alpha value is -1.15. The molecule has 6 nitrogen and oxygen atoms in total. The summed E-state index contributed by atoms with van der Waals surface area (Å²) >= 11 is 0. The molecule has 0 bridgehead atoms. The lowest BCUT2D eigenvalue weighted by Crippen LogP contribution is -2.33. The third kappa shape index (κ3) is 3.74. The monoisotopic (exact) mass is 314 g/mol. The number of hydrogen-bond donors (Lipinski definition) is 1. The third-order valence-corrected chi connectivity index (χ3v) is 5.33. The number of hydrogen-bond acceptors (Lipinski definition) is 5. The summed E-state index contributed by atoms with van der Waals surface area (Å²) < 4.78 is 37.7. The lowest BCUT2D eigenvalue weighted by Gasteiger charge is -2.21. The Morgan fingerprint density at radius 3 is 2.86 bits per heavy atom. The molecule has 1 heterocycles. The smallest absolute Gasteiger partial charge is 0.246 e. The number of sulfonamides is 1. The fourth-order valence-corrected chi connectivity index (χ4v) is 4.01. The van der Waals surface area contributed by atoms with E-state index in [0.29, 0.717) is 45.0 Å². The number of methoxy groups -OCH3 is 1. The van der Waals surface area contributed by atoms with E-state index in [-0.39, 0.29) is 4.90 Å². The summed E-state index contributed by atoms with van der Waals surface area (Å²) in [6.45, 7) is 2.49. The van der Waals surface area contributed by atoms with Crippen molar-refractivity contribution in [3.63, 3.8) is 0 Å². The van der Waals surface area contributed by atoms with Crippen LogP contribution in [0.4, 0.5) is 0 Å². The van der Waals surface area contributed by atoms with Crippen LogP contribution in [0.25, 0.3) is 0 Å². The van der Waals surface area contributed by atoms with Gasteiger partial charge >= 0.3 is 0 Å². The summed E-state index contributed by atoms with van der Waals surface area (Å²) in [7, 11) is -0.261. The van der Waals surface area contributed by atoms with Crippen molar-refractivity contribution in [3.8, 4) is 5.75 Å². The number of nitrogens with one attached hydrogen (secondary N) is 1. The molecule has 0 atom stereocenters. The zero-order valence-electron chi connectivity index (χ0n) is 12.5. The van der Waals surface area contributed by atoms with Crippen LogP contribution < -0.4 is 10.1 Å². The first kappa shape index (κ1) is 16.2. The van der Waals surface area contributed by atoms with Crippen molar-refractivity contribution in [1.82, 2.24) is 9.62 Å². The molecule has 0 spiro atoms. The topological polar surface area (TPSA) is 67.9 Å². The molecule has 7 heteroatoms. The van der Waals surface area contributed by atoms with E-state index in [2.05, 4.69) is 5.32 Å². The normalized spacial score (nSPS) is 17.4. The number of benzene rings is 1. The summed E-state index contributed by atoms with van der Waals surface area (Å²) in [5.74, 6) is 0.375. The Morgan fingerprint density at radius 2 is 2.14 bits per heavy atom. The van der Waals surface area contributed by atoms with Crippen molar-refractivity contribution in [2.45, 2.75) is 17.9 Å². The molecule has 1 saturated heterocycles. The molecule has 118 valence electrons. The second-order valence-corrected chi connectivity index (χ2v) is 6.79. The molecule has 0 saturated carbocycles. The van der Waals surface area contributed by atoms with Crippen LogP contribution in [0.5, 0.6) is 5.75 Å². The molecular weight excluding hydrogens is 292 g/mol. The van der Waals surface area contributed by atoms with Crippen LogP contribution in [0.1, 0.15) is 12.0 Å². The molecule has 1 N–H and O–H groups in total. The highest BCUT2D eigenvalue weighted by molar-refractivity contribution is 7.89. The largest absolute Gasteiger partial charge is 0.495 e. The van der Waals surface area contributed by atoms with Gasteiger partial charge in [0.25, 0.3) is 0 Å². The molecule has 2 rings (SSSR count). The summed E-state index contributed by atoms with van der Waals surface area (Å²) in [5.41, 5.74) is 0.906. The van der Waals surface area contributed by atoms with Gasteiger partial charge in [0.2, 0.25) is 10.0 Å². The maximum Gasteiger partial charge on any atom is 0.246 e. The van der Waals surface area contributed by atoms with Crippen molar-refractivity contribution >= 4 is 10.0 Å². The number of nitrogens with zero attached hydrogens (tertiary/aromatic N) is 1. The molecule has 0 aromatic heterocycles. The number of rotatable bonds is 5. The summed E-state index contributed by atoms with van der Waals surface area (Å²) in [6, 6.07) is 5.24. The Bertz CT molecular complexity index is 566. The Morgan fingerprint density at radius 1 is 1.33 bits per heavy atom. The third-order valence-electron chi connectivity index (χ3n) is 3.41. The van der Waals surface area contributed by atoms with E-state index in [4.69, 9.17) is 9.47 Å². The first-order valence-electron chi connectivity index (χ1n) is 6.99. The molecule has 1 aromatic carbocycles. The zero-order valence-corrected chi connectivity index (χ0v) is 13.3. The van der Waals surface area contributed by atoms with Crippen molar-refractivity contribution in [2.24, 2.45) is 0 Å². The van der Waals surface area contributed by atoms with Gasteiger partial charge in [-0.1, -0.05) is 6.07 Å². The van der Waals surface area contributed by atoms with Crippen molar-refractivity contribution in [2.75, 3.05) is 40.5 Å². The van der Waals surface area contributed by atoms with Crippen LogP contribution in [-0.2, 0) is 21.3 Å². The number of ether oxygens (including phenoxy) is 2. The predicted octanol–water partition coefficient (Wildman–Crippen LogP) is 0.826. The minimum absolute atomic E-state index is 0.222. The molecule has 0 radical (unpaired) electrons. The fraction of sp³-hybridized carbons (Fsp3) is 0.571. The average molecular weight is 314 g/mol.